The van der Waals surface area contributed by atoms with Crippen LogP contribution in [0.2, 0.25) is 0 Å². The van der Waals surface area contributed by atoms with Crippen molar-refractivity contribution in [3.8, 4) is 0 Å². The number of hydrogen-bond donors (Lipinski definition) is 1. The standard InChI is InChI=1S/C15H23NO2/c1-12-9-13(2)11-14(10-12)15(17)18-8-6-4-3-5-7-16/h9-11H,3-8,16H2,1-2H3. The molecule has 0 unspecified atom stereocenters. The van der Waals surface area contributed by atoms with Gasteiger partial charge in [0.1, 0.15) is 0 Å². The SMILES string of the molecule is Cc1cc(C)cc(C(=O)OCCCCCCN)c1. The lowest BCUT2D eigenvalue weighted by Gasteiger charge is -2.06. The summed E-state index contributed by atoms with van der Waals surface area (Å²) >= 11 is 0. The molecule has 0 saturated heterocycles. The topological polar surface area (TPSA) is 52.3 Å². The van der Waals surface area contributed by atoms with E-state index in [1.165, 1.54) is 0 Å². The van der Waals surface area contributed by atoms with Crippen molar-refractivity contribution in [2.24, 2.45) is 5.73 Å². The molecule has 3 heteroatoms. The summed E-state index contributed by atoms with van der Waals surface area (Å²) in [6.45, 7) is 5.20. The van der Waals surface area contributed by atoms with Gasteiger partial charge >= 0.3 is 5.97 Å². The fourth-order valence-electron chi connectivity index (χ4n) is 1.94. The largest absolute Gasteiger partial charge is 0.462 e. The third-order valence-electron chi connectivity index (χ3n) is 2.79. The Morgan fingerprint density at radius 2 is 1.67 bits per heavy atom. The summed E-state index contributed by atoms with van der Waals surface area (Å²) in [5, 5.41) is 0. The molecule has 1 aromatic rings. The Morgan fingerprint density at radius 1 is 1.06 bits per heavy atom. The van der Waals surface area contributed by atoms with E-state index in [-0.39, 0.29) is 5.97 Å². The zero-order valence-electron chi connectivity index (χ0n) is 11.4. The monoisotopic (exact) mass is 249 g/mol. The molecule has 0 heterocycles. The Hall–Kier alpha value is -1.35. The van der Waals surface area contributed by atoms with Gasteiger partial charge in [0.25, 0.3) is 0 Å². The van der Waals surface area contributed by atoms with E-state index in [9.17, 15) is 4.79 Å². The highest BCUT2D eigenvalue weighted by atomic mass is 16.5. The number of rotatable bonds is 7. The molecule has 0 bridgehead atoms. The number of ether oxygens (including phenoxy) is 1. The lowest BCUT2D eigenvalue weighted by atomic mass is 10.1. The van der Waals surface area contributed by atoms with Crippen LogP contribution < -0.4 is 5.73 Å². The number of nitrogens with two attached hydrogens (primary N) is 1. The predicted molar refractivity (Wildman–Crippen MR) is 73.7 cm³/mol. The van der Waals surface area contributed by atoms with Crippen molar-refractivity contribution >= 4 is 5.97 Å². The molecule has 0 aliphatic rings. The fourth-order valence-corrected chi connectivity index (χ4v) is 1.94. The van der Waals surface area contributed by atoms with E-state index in [0.717, 1.165) is 43.4 Å². The molecule has 2 N–H and O–H groups in total. The summed E-state index contributed by atoms with van der Waals surface area (Å²) in [7, 11) is 0. The molecule has 0 spiro atoms. The summed E-state index contributed by atoms with van der Waals surface area (Å²) in [6, 6.07) is 5.77. The average molecular weight is 249 g/mol. The molecule has 0 aromatic heterocycles. The highest BCUT2D eigenvalue weighted by Crippen LogP contribution is 2.10. The summed E-state index contributed by atoms with van der Waals surface area (Å²) < 4.78 is 5.25. The van der Waals surface area contributed by atoms with E-state index in [1.54, 1.807) is 0 Å². The molecule has 18 heavy (non-hydrogen) atoms. The van der Waals surface area contributed by atoms with E-state index in [0.29, 0.717) is 12.2 Å². The summed E-state index contributed by atoms with van der Waals surface area (Å²) in [4.78, 5) is 11.8. The lowest BCUT2D eigenvalue weighted by molar-refractivity contribution is 0.0497. The Labute approximate surface area is 109 Å². The quantitative estimate of drug-likeness (QED) is 0.597. The minimum atomic E-state index is -0.222. The number of hydrogen-bond acceptors (Lipinski definition) is 3. The second-order valence-electron chi connectivity index (χ2n) is 4.72. The molecule has 3 nitrogen and oxygen atoms in total. The van der Waals surface area contributed by atoms with Crippen LogP contribution in [0.15, 0.2) is 18.2 Å². The normalized spacial score (nSPS) is 10.4. The first kappa shape index (κ1) is 14.7. The van der Waals surface area contributed by atoms with Crippen LogP contribution in [0.4, 0.5) is 0 Å². The van der Waals surface area contributed by atoms with E-state index in [2.05, 4.69) is 0 Å². The van der Waals surface area contributed by atoms with Crippen molar-refractivity contribution in [2.75, 3.05) is 13.2 Å². The maximum Gasteiger partial charge on any atom is 0.338 e. The highest BCUT2D eigenvalue weighted by Gasteiger charge is 2.07. The van der Waals surface area contributed by atoms with Crippen LogP contribution in [-0.2, 0) is 4.74 Å². The Balaban J connectivity index is 2.32. The zero-order chi connectivity index (χ0) is 13.4. The second kappa shape index (κ2) is 7.88. The number of benzene rings is 1. The maximum absolute atomic E-state index is 11.8. The van der Waals surface area contributed by atoms with Gasteiger partial charge in [0, 0.05) is 0 Å². The van der Waals surface area contributed by atoms with Crippen LogP contribution in [0, 0.1) is 13.8 Å². The molecule has 100 valence electrons. The molecular formula is C15H23NO2. The molecule has 0 radical (unpaired) electrons. The first-order chi connectivity index (χ1) is 8.63. The van der Waals surface area contributed by atoms with Crippen LogP contribution in [0.1, 0.15) is 47.2 Å². The van der Waals surface area contributed by atoms with Gasteiger partial charge in [0.05, 0.1) is 12.2 Å². The molecule has 0 saturated carbocycles. The van der Waals surface area contributed by atoms with Crippen molar-refractivity contribution in [1.82, 2.24) is 0 Å². The van der Waals surface area contributed by atoms with Crippen molar-refractivity contribution < 1.29 is 9.53 Å². The molecule has 0 aliphatic heterocycles. The third kappa shape index (κ3) is 5.32. The van der Waals surface area contributed by atoms with Gasteiger partial charge in [0.15, 0.2) is 0 Å². The molecule has 0 amide bonds. The van der Waals surface area contributed by atoms with Crippen LogP contribution in [0.5, 0.6) is 0 Å². The number of carbonyl (C=O) groups excluding carboxylic acids is 1. The fraction of sp³-hybridized carbons (Fsp3) is 0.533. The van der Waals surface area contributed by atoms with Crippen LogP contribution in [0.3, 0.4) is 0 Å². The minimum absolute atomic E-state index is 0.222. The van der Waals surface area contributed by atoms with E-state index in [1.807, 2.05) is 32.0 Å². The van der Waals surface area contributed by atoms with Crippen molar-refractivity contribution in [3.05, 3.63) is 34.9 Å². The molecular weight excluding hydrogens is 226 g/mol. The van der Waals surface area contributed by atoms with Gasteiger partial charge in [-0.25, -0.2) is 4.79 Å². The summed E-state index contributed by atoms with van der Waals surface area (Å²) in [5.74, 6) is -0.222. The second-order valence-corrected chi connectivity index (χ2v) is 4.72. The summed E-state index contributed by atoms with van der Waals surface area (Å²) in [5.41, 5.74) is 8.23. The molecule has 0 fully saturated rings. The first-order valence-corrected chi connectivity index (χ1v) is 6.59. The van der Waals surface area contributed by atoms with E-state index in [4.69, 9.17) is 10.5 Å². The van der Waals surface area contributed by atoms with Gasteiger partial charge in [0.2, 0.25) is 0 Å². The number of aryl methyl sites for hydroxylation is 2. The highest BCUT2D eigenvalue weighted by molar-refractivity contribution is 5.89. The van der Waals surface area contributed by atoms with Crippen LogP contribution in [-0.4, -0.2) is 19.1 Å². The number of carbonyl (C=O) groups is 1. The van der Waals surface area contributed by atoms with Gasteiger partial charge in [-0.3, -0.25) is 0 Å². The smallest absolute Gasteiger partial charge is 0.338 e. The third-order valence-corrected chi connectivity index (χ3v) is 2.79. The van der Waals surface area contributed by atoms with E-state index >= 15 is 0 Å². The van der Waals surface area contributed by atoms with Crippen molar-refractivity contribution in [3.63, 3.8) is 0 Å². The van der Waals surface area contributed by atoms with Crippen LogP contribution >= 0.6 is 0 Å². The number of esters is 1. The average Bonchev–Trinajstić information content (AvgIpc) is 2.32. The summed E-state index contributed by atoms with van der Waals surface area (Å²) in [6.07, 6.45) is 4.14. The van der Waals surface area contributed by atoms with Gasteiger partial charge in [-0.2, -0.15) is 0 Å². The Kier molecular flexibility index (Phi) is 6.44. The predicted octanol–water partition coefficient (Wildman–Crippen LogP) is 2.98. The molecule has 0 atom stereocenters. The maximum atomic E-state index is 11.8. The molecule has 1 rings (SSSR count). The molecule has 0 aliphatic carbocycles. The number of unbranched alkanes of at least 4 members (excludes halogenated alkanes) is 3. The van der Waals surface area contributed by atoms with Gasteiger partial charge in [-0.1, -0.05) is 30.0 Å². The van der Waals surface area contributed by atoms with Crippen molar-refractivity contribution in [2.45, 2.75) is 39.5 Å². The Bertz CT molecular complexity index is 368. The first-order valence-electron chi connectivity index (χ1n) is 6.59. The van der Waals surface area contributed by atoms with E-state index < -0.39 is 0 Å². The molecule has 1 aromatic carbocycles. The van der Waals surface area contributed by atoms with Gasteiger partial charge in [-0.05, 0) is 45.4 Å². The van der Waals surface area contributed by atoms with Crippen molar-refractivity contribution in [1.29, 1.82) is 0 Å². The Morgan fingerprint density at radius 3 is 2.28 bits per heavy atom. The zero-order valence-corrected chi connectivity index (χ0v) is 11.4. The van der Waals surface area contributed by atoms with Gasteiger partial charge < -0.3 is 10.5 Å². The lowest BCUT2D eigenvalue weighted by Crippen LogP contribution is -2.07. The minimum Gasteiger partial charge on any atom is -0.462 e. The van der Waals surface area contributed by atoms with Crippen LogP contribution in [0.25, 0.3) is 0 Å². The van der Waals surface area contributed by atoms with Gasteiger partial charge in [-0.15, -0.1) is 0 Å².